The minimum absolute atomic E-state index is 0.00854. The molecule has 0 aromatic rings. The fourth-order valence-corrected chi connectivity index (χ4v) is 7.11. The van der Waals surface area contributed by atoms with Crippen LogP contribution in [0.1, 0.15) is 100 Å². The number of nitrogens with zero attached hydrogens (tertiary/aromatic N) is 5. The van der Waals surface area contributed by atoms with E-state index < -0.39 is 89.9 Å². The zero-order chi connectivity index (χ0) is 44.4. The van der Waals surface area contributed by atoms with Crippen LogP contribution in [0.5, 0.6) is 0 Å². The molecular weight excluding hydrogens is 770 g/mol. The van der Waals surface area contributed by atoms with Gasteiger partial charge < -0.3 is 45.9 Å². The molecule has 5 atom stereocenters. The van der Waals surface area contributed by atoms with Crippen LogP contribution in [0.15, 0.2) is 4.99 Å². The second-order valence-electron chi connectivity index (χ2n) is 14.9. The van der Waals surface area contributed by atoms with Gasteiger partial charge in [-0.05, 0) is 64.5 Å². The zero-order valence-corrected chi connectivity index (χ0v) is 35.9. The van der Waals surface area contributed by atoms with Gasteiger partial charge in [0.15, 0.2) is 0 Å². The predicted molar refractivity (Wildman–Crippen MR) is 215 cm³/mol. The SMILES string of the molecule is CCOC(=O)C[C@H](NC(=O)[C@@H]1CCCN1C(=O)[C@@H](NC(C)=O)C(C)C)C(=O)N1CCC[C@H]1C(=O)N[C@@H](CCCN(C(C)=O)C(N)=NC(C)=O)C(=O)OCCN(CC)CC. The molecule has 0 aliphatic carbocycles. The molecule has 2 aliphatic rings. The van der Waals surface area contributed by atoms with Crippen LogP contribution in [-0.4, -0.2) is 162 Å². The monoisotopic (exact) mass is 835 g/mol. The Labute approximate surface area is 346 Å². The number of hydrogen-bond acceptors (Lipinski definition) is 12. The zero-order valence-electron chi connectivity index (χ0n) is 35.9. The van der Waals surface area contributed by atoms with Gasteiger partial charge in [-0.15, -0.1) is 0 Å². The molecule has 7 amide bonds. The average Bonchev–Trinajstić information content (AvgIpc) is 3.86. The van der Waals surface area contributed by atoms with Crippen LogP contribution in [-0.2, 0) is 52.6 Å². The summed E-state index contributed by atoms with van der Waals surface area (Å²) in [6.07, 6.45) is 0.960. The lowest BCUT2D eigenvalue weighted by Crippen LogP contribution is -2.59. The fourth-order valence-electron chi connectivity index (χ4n) is 7.11. The fraction of sp³-hybridized carbons (Fsp3) is 0.744. The van der Waals surface area contributed by atoms with E-state index in [2.05, 4.69) is 20.9 Å². The summed E-state index contributed by atoms with van der Waals surface area (Å²) in [6, 6.07) is -5.61. The normalized spacial score (nSPS) is 18.2. The first kappa shape index (κ1) is 50.0. The number of amides is 7. The number of aliphatic imine (C=N–C) groups is 1. The molecule has 0 saturated carbocycles. The summed E-state index contributed by atoms with van der Waals surface area (Å²) in [6.45, 7) is 15.1. The van der Waals surface area contributed by atoms with E-state index in [-0.39, 0.29) is 70.4 Å². The smallest absolute Gasteiger partial charge is 0.328 e. The molecular formula is C39H65N9O11. The van der Waals surface area contributed by atoms with Crippen molar-refractivity contribution in [2.24, 2.45) is 16.6 Å². The minimum Gasteiger partial charge on any atom is -0.466 e. The van der Waals surface area contributed by atoms with E-state index in [9.17, 15) is 43.2 Å². The van der Waals surface area contributed by atoms with E-state index in [4.69, 9.17) is 15.2 Å². The number of nitrogens with one attached hydrogen (secondary N) is 3. The molecule has 0 bridgehead atoms. The maximum atomic E-state index is 14.2. The highest BCUT2D eigenvalue weighted by atomic mass is 16.5. The molecule has 0 radical (unpaired) electrons. The van der Waals surface area contributed by atoms with Gasteiger partial charge in [-0.3, -0.25) is 43.3 Å². The molecule has 5 N–H and O–H groups in total. The van der Waals surface area contributed by atoms with Gasteiger partial charge in [-0.2, -0.15) is 4.99 Å². The van der Waals surface area contributed by atoms with Crippen molar-refractivity contribution >= 4 is 59.2 Å². The number of esters is 2. The van der Waals surface area contributed by atoms with Crippen molar-refractivity contribution in [2.75, 3.05) is 52.5 Å². The lowest BCUT2D eigenvalue weighted by atomic mass is 10.0. The van der Waals surface area contributed by atoms with Crippen LogP contribution in [0.2, 0.25) is 0 Å². The average molecular weight is 836 g/mol. The van der Waals surface area contributed by atoms with Crippen LogP contribution in [0.3, 0.4) is 0 Å². The van der Waals surface area contributed by atoms with E-state index >= 15 is 0 Å². The Morgan fingerprint density at radius 2 is 1.34 bits per heavy atom. The molecule has 59 heavy (non-hydrogen) atoms. The highest BCUT2D eigenvalue weighted by molar-refractivity contribution is 6.00. The molecule has 2 aliphatic heterocycles. The first-order valence-electron chi connectivity index (χ1n) is 20.5. The van der Waals surface area contributed by atoms with E-state index in [1.165, 1.54) is 30.6 Å². The second kappa shape index (κ2) is 24.7. The first-order chi connectivity index (χ1) is 27.9. The number of guanidine groups is 1. The number of likely N-dealkylation sites (tertiary alicyclic amines) is 2. The molecule has 2 heterocycles. The number of carbonyl (C=O) groups excluding carboxylic acids is 9. The highest BCUT2D eigenvalue weighted by Gasteiger charge is 2.43. The van der Waals surface area contributed by atoms with Crippen LogP contribution >= 0.6 is 0 Å². The molecule has 0 unspecified atom stereocenters. The Bertz CT molecular complexity index is 1550. The summed E-state index contributed by atoms with van der Waals surface area (Å²) in [5.41, 5.74) is 5.86. The number of ether oxygens (including phenoxy) is 2. The Balaban J connectivity index is 2.33. The number of carbonyl (C=O) groups is 9. The summed E-state index contributed by atoms with van der Waals surface area (Å²) in [5.74, 6) is -6.11. The standard InChI is InChI=1S/C39H65N9O11/c1-9-45(10-2)21-22-59-38(57)28(15-12-18-46(27(8)51)39(40)42-26(7)50)43-34(53)30-16-13-19-47(30)36(55)29(23-32(52)58-11-3)44-35(54)31-17-14-20-48(31)37(56)33(24(4)5)41-25(6)49/h24,28-31,33H,9-23H2,1-8H3,(H,41,49)(H,43,53)(H,44,54)(H2,40,42,50)/t28-,29-,30-,31-,33-/m0/s1. The molecule has 0 spiro atoms. The molecule has 2 rings (SSSR count). The highest BCUT2D eigenvalue weighted by Crippen LogP contribution is 2.23. The van der Waals surface area contributed by atoms with Crippen LogP contribution < -0.4 is 21.7 Å². The lowest BCUT2D eigenvalue weighted by molar-refractivity contribution is -0.151. The molecule has 20 heteroatoms. The summed E-state index contributed by atoms with van der Waals surface area (Å²) in [4.78, 5) is 127. The summed E-state index contributed by atoms with van der Waals surface area (Å²) < 4.78 is 10.7. The van der Waals surface area contributed by atoms with Gasteiger partial charge in [0.1, 0.15) is 36.8 Å². The predicted octanol–water partition coefficient (Wildman–Crippen LogP) is -0.573. The van der Waals surface area contributed by atoms with Crippen molar-refractivity contribution in [3.63, 3.8) is 0 Å². The van der Waals surface area contributed by atoms with E-state index in [1.54, 1.807) is 20.8 Å². The third kappa shape index (κ3) is 15.5. The van der Waals surface area contributed by atoms with Gasteiger partial charge in [0, 0.05) is 47.0 Å². The largest absolute Gasteiger partial charge is 0.466 e. The molecule has 2 saturated heterocycles. The van der Waals surface area contributed by atoms with Gasteiger partial charge in [0.2, 0.25) is 47.3 Å². The lowest BCUT2D eigenvalue weighted by Gasteiger charge is -2.32. The maximum absolute atomic E-state index is 14.2. The van der Waals surface area contributed by atoms with Crippen molar-refractivity contribution in [3.05, 3.63) is 0 Å². The van der Waals surface area contributed by atoms with Gasteiger partial charge in [0.05, 0.1) is 13.0 Å². The Hall–Kier alpha value is -5.14. The van der Waals surface area contributed by atoms with Crippen LogP contribution in [0.25, 0.3) is 0 Å². The van der Waals surface area contributed by atoms with Crippen molar-refractivity contribution in [2.45, 2.75) is 131 Å². The number of rotatable bonds is 21. The number of nitrogens with two attached hydrogens (primary N) is 1. The molecule has 0 aromatic carbocycles. The first-order valence-corrected chi connectivity index (χ1v) is 20.5. The van der Waals surface area contributed by atoms with E-state index in [0.717, 1.165) is 18.0 Å². The Kier molecular flexibility index (Phi) is 20.9. The molecule has 332 valence electrons. The third-order valence-electron chi connectivity index (χ3n) is 10.2. The van der Waals surface area contributed by atoms with Crippen molar-refractivity contribution < 1.29 is 52.6 Å². The Morgan fingerprint density at radius 3 is 1.83 bits per heavy atom. The van der Waals surface area contributed by atoms with Crippen LogP contribution in [0, 0.1) is 5.92 Å². The van der Waals surface area contributed by atoms with Crippen LogP contribution in [0.4, 0.5) is 0 Å². The minimum atomic E-state index is -1.45. The quantitative estimate of drug-likeness (QED) is 0.0643. The van der Waals surface area contributed by atoms with Gasteiger partial charge in [-0.25, -0.2) is 4.79 Å². The third-order valence-corrected chi connectivity index (χ3v) is 10.2. The second-order valence-corrected chi connectivity index (χ2v) is 14.9. The van der Waals surface area contributed by atoms with Crippen molar-refractivity contribution in [1.82, 2.24) is 35.6 Å². The van der Waals surface area contributed by atoms with E-state index in [1.807, 2.05) is 18.7 Å². The van der Waals surface area contributed by atoms with E-state index in [0.29, 0.717) is 19.4 Å². The topological polar surface area (TPSA) is 260 Å². The summed E-state index contributed by atoms with van der Waals surface area (Å²) in [7, 11) is 0. The Morgan fingerprint density at radius 1 is 0.780 bits per heavy atom. The molecule has 0 aromatic heterocycles. The van der Waals surface area contributed by atoms with Gasteiger partial charge in [-0.1, -0.05) is 27.7 Å². The van der Waals surface area contributed by atoms with Crippen molar-refractivity contribution in [3.8, 4) is 0 Å². The molecule has 2 fully saturated rings. The maximum Gasteiger partial charge on any atom is 0.328 e. The molecule has 20 nitrogen and oxygen atoms in total. The number of hydrogen-bond donors (Lipinski definition) is 4. The van der Waals surface area contributed by atoms with Gasteiger partial charge in [0.25, 0.3) is 0 Å². The summed E-state index contributed by atoms with van der Waals surface area (Å²) in [5, 5.41) is 8.02. The van der Waals surface area contributed by atoms with Gasteiger partial charge >= 0.3 is 11.9 Å². The summed E-state index contributed by atoms with van der Waals surface area (Å²) >= 11 is 0. The number of likely N-dealkylation sites (N-methyl/N-ethyl adjacent to an activating group) is 1. The van der Waals surface area contributed by atoms with Crippen molar-refractivity contribution in [1.29, 1.82) is 0 Å².